The molecule has 1 unspecified atom stereocenters. The van der Waals surface area contributed by atoms with Crippen LogP contribution in [0.5, 0.6) is 0 Å². The molecule has 0 saturated heterocycles. The summed E-state index contributed by atoms with van der Waals surface area (Å²) in [4.78, 5) is 18.3. The summed E-state index contributed by atoms with van der Waals surface area (Å²) in [5.74, 6) is -0.938. The molecule has 0 amide bonds. The standard InChI is InChI=1S/C24H21BrN2O3S/c1-2-27-22-14-13-18(25)15-21(22)26-23(24(27)28)20(17-9-5-3-6-10-17)16-31(29,30)19-11-7-4-8-12-19/h3-15,20H,2,16H2,1H3. The molecule has 4 aromatic rings. The number of hydrogen-bond donors (Lipinski definition) is 0. The molecule has 0 radical (unpaired) electrons. The first-order valence-corrected chi connectivity index (χ1v) is 12.4. The van der Waals surface area contributed by atoms with Gasteiger partial charge < -0.3 is 4.57 Å². The molecule has 31 heavy (non-hydrogen) atoms. The van der Waals surface area contributed by atoms with Gasteiger partial charge in [-0.05, 0) is 42.8 Å². The molecule has 0 aliphatic carbocycles. The van der Waals surface area contributed by atoms with Crippen molar-refractivity contribution < 1.29 is 8.42 Å². The Labute approximate surface area is 189 Å². The lowest BCUT2D eigenvalue weighted by molar-refractivity contribution is 0.590. The Balaban J connectivity index is 1.94. The number of benzene rings is 3. The maximum Gasteiger partial charge on any atom is 0.273 e. The molecule has 0 saturated carbocycles. The summed E-state index contributed by atoms with van der Waals surface area (Å²) in [7, 11) is -3.65. The van der Waals surface area contributed by atoms with Crippen molar-refractivity contribution in [1.82, 2.24) is 9.55 Å². The zero-order valence-electron chi connectivity index (χ0n) is 16.9. The van der Waals surface area contributed by atoms with Gasteiger partial charge in [-0.15, -0.1) is 0 Å². The molecule has 0 aliphatic rings. The van der Waals surface area contributed by atoms with Crippen molar-refractivity contribution >= 4 is 36.8 Å². The van der Waals surface area contributed by atoms with Crippen LogP contribution in [0.1, 0.15) is 24.1 Å². The van der Waals surface area contributed by atoms with Crippen LogP contribution in [0.2, 0.25) is 0 Å². The predicted octanol–water partition coefficient (Wildman–Crippen LogP) is 4.78. The van der Waals surface area contributed by atoms with E-state index in [2.05, 4.69) is 20.9 Å². The normalized spacial score (nSPS) is 12.7. The smallest absolute Gasteiger partial charge is 0.273 e. The summed E-state index contributed by atoms with van der Waals surface area (Å²) >= 11 is 3.46. The van der Waals surface area contributed by atoms with Gasteiger partial charge in [-0.2, -0.15) is 0 Å². The average molecular weight is 497 g/mol. The first-order valence-electron chi connectivity index (χ1n) is 9.93. The third-order valence-corrected chi connectivity index (χ3v) is 7.53. The van der Waals surface area contributed by atoms with Crippen LogP contribution in [-0.4, -0.2) is 23.7 Å². The van der Waals surface area contributed by atoms with E-state index in [1.54, 1.807) is 34.9 Å². The van der Waals surface area contributed by atoms with Crippen LogP contribution >= 0.6 is 15.9 Å². The fraction of sp³-hybridized carbons (Fsp3) is 0.167. The van der Waals surface area contributed by atoms with E-state index in [0.717, 1.165) is 15.6 Å². The Bertz CT molecular complexity index is 1390. The van der Waals surface area contributed by atoms with Crippen molar-refractivity contribution in [2.75, 3.05) is 5.75 Å². The molecule has 0 spiro atoms. The number of nitrogens with zero attached hydrogens (tertiary/aromatic N) is 2. The third-order valence-electron chi connectivity index (χ3n) is 5.27. The average Bonchev–Trinajstić information content (AvgIpc) is 2.78. The lowest BCUT2D eigenvalue weighted by atomic mass is 9.97. The highest BCUT2D eigenvalue weighted by molar-refractivity contribution is 9.10. The van der Waals surface area contributed by atoms with Crippen LogP contribution in [0.25, 0.3) is 11.0 Å². The molecule has 3 aromatic carbocycles. The number of fused-ring (bicyclic) bond motifs is 1. The number of aromatic nitrogens is 2. The van der Waals surface area contributed by atoms with Gasteiger partial charge in [-0.1, -0.05) is 64.5 Å². The lowest BCUT2D eigenvalue weighted by Gasteiger charge is -2.19. The summed E-state index contributed by atoms with van der Waals surface area (Å²) in [6, 6.07) is 23.1. The monoisotopic (exact) mass is 496 g/mol. The van der Waals surface area contributed by atoms with E-state index >= 15 is 0 Å². The first-order chi connectivity index (χ1) is 14.9. The highest BCUT2D eigenvalue weighted by Gasteiger charge is 2.28. The van der Waals surface area contributed by atoms with Crippen molar-refractivity contribution in [3.05, 3.63) is 105 Å². The Morgan fingerprint density at radius 1 is 0.968 bits per heavy atom. The quantitative estimate of drug-likeness (QED) is 0.385. The summed E-state index contributed by atoms with van der Waals surface area (Å²) in [6.07, 6.45) is 0. The van der Waals surface area contributed by atoms with E-state index in [1.165, 1.54) is 0 Å². The van der Waals surface area contributed by atoms with Gasteiger partial charge >= 0.3 is 0 Å². The highest BCUT2D eigenvalue weighted by Crippen LogP contribution is 2.28. The van der Waals surface area contributed by atoms with Crippen molar-refractivity contribution in [3.63, 3.8) is 0 Å². The van der Waals surface area contributed by atoms with Crippen molar-refractivity contribution in [3.8, 4) is 0 Å². The van der Waals surface area contributed by atoms with Crippen molar-refractivity contribution in [1.29, 1.82) is 0 Å². The number of halogens is 1. The Morgan fingerprint density at radius 2 is 1.61 bits per heavy atom. The summed E-state index contributed by atoms with van der Waals surface area (Å²) in [6.45, 7) is 2.35. The first kappa shape index (κ1) is 21.5. The second-order valence-electron chi connectivity index (χ2n) is 7.24. The van der Waals surface area contributed by atoms with Gasteiger partial charge in [0.2, 0.25) is 0 Å². The summed E-state index contributed by atoms with van der Waals surface area (Å²) in [5.41, 5.74) is 2.07. The van der Waals surface area contributed by atoms with Gasteiger partial charge in [0.15, 0.2) is 9.84 Å². The fourth-order valence-electron chi connectivity index (χ4n) is 3.74. The number of hydrogen-bond acceptors (Lipinski definition) is 4. The molecule has 0 aliphatic heterocycles. The molecule has 1 atom stereocenters. The minimum atomic E-state index is -3.65. The lowest BCUT2D eigenvalue weighted by Crippen LogP contribution is -2.30. The van der Waals surface area contributed by atoms with E-state index in [1.807, 2.05) is 55.5 Å². The number of sulfone groups is 1. The largest absolute Gasteiger partial charge is 0.305 e. The highest BCUT2D eigenvalue weighted by atomic mass is 79.9. The van der Waals surface area contributed by atoms with Crippen LogP contribution in [0.15, 0.2) is 93.0 Å². The Hall–Kier alpha value is -2.77. The summed E-state index contributed by atoms with van der Waals surface area (Å²) in [5, 5.41) is 0. The maximum absolute atomic E-state index is 13.4. The van der Waals surface area contributed by atoms with Gasteiger partial charge in [-0.3, -0.25) is 4.79 Å². The molecule has 5 nitrogen and oxygen atoms in total. The second kappa shape index (κ2) is 8.77. The van der Waals surface area contributed by atoms with E-state index in [0.29, 0.717) is 12.1 Å². The number of rotatable bonds is 6. The zero-order chi connectivity index (χ0) is 22.0. The van der Waals surface area contributed by atoms with Crippen LogP contribution in [0.3, 0.4) is 0 Å². The van der Waals surface area contributed by atoms with E-state index < -0.39 is 15.8 Å². The predicted molar refractivity (Wildman–Crippen MR) is 126 cm³/mol. The minimum Gasteiger partial charge on any atom is -0.305 e. The van der Waals surface area contributed by atoms with Crippen LogP contribution in [-0.2, 0) is 16.4 Å². The topological polar surface area (TPSA) is 69.0 Å². The number of aryl methyl sites for hydroxylation is 1. The molecular weight excluding hydrogens is 476 g/mol. The molecule has 1 heterocycles. The molecule has 0 N–H and O–H groups in total. The molecule has 4 rings (SSSR count). The fourth-order valence-corrected chi connectivity index (χ4v) is 5.64. The van der Waals surface area contributed by atoms with Crippen molar-refractivity contribution in [2.45, 2.75) is 24.3 Å². The van der Waals surface area contributed by atoms with Crippen LogP contribution in [0, 0.1) is 0 Å². The summed E-state index contributed by atoms with van der Waals surface area (Å²) < 4.78 is 28.9. The zero-order valence-corrected chi connectivity index (χ0v) is 19.3. The molecule has 1 aromatic heterocycles. The molecular formula is C24H21BrN2O3S. The van der Waals surface area contributed by atoms with Gasteiger partial charge in [0.05, 0.1) is 21.7 Å². The van der Waals surface area contributed by atoms with Gasteiger partial charge in [0, 0.05) is 16.9 Å². The SMILES string of the molecule is CCn1c(=O)c(C(CS(=O)(=O)c2ccccc2)c2ccccc2)nc2cc(Br)ccc21. The van der Waals surface area contributed by atoms with Crippen LogP contribution in [0.4, 0.5) is 0 Å². The van der Waals surface area contributed by atoms with Crippen molar-refractivity contribution in [2.24, 2.45) is 0 Å². The Morgan fingerprint density at radius 3 is 2.26 bits per heavy atom. The van der Waals surface area contributed by atoms with Gasteiger partial charge in [0.1, 0.15) is 5.69 Å². The Kier molecular flexibility index (Phi) is 6.07. The molecule has 158 valence electrons. The van der Waals surface area contributed by atoms with Crippen LogP contribution < -0.4 is 5.56 Å². The maximum atomic E-state index is 13.4. The molecule has 0 fully saturated rings. The van der Waals surface area contributed by atoms with E-state index in [4.69, 9.17) is 0 Å². The van der Waals surface area contributed by atoms with Gasteiger partial charge in [0.25, 0.3) is 5.56 Å². The van der Waals surface area contributed by atoms with E-state index in [9.17, 15) is 13.2 Å². The minimum absolute atomic E-state index is 0.232. The van der Waals surface area contributed by atoms with E-state index in [-0.39, 0.29) is 21.9 Å². The molecule has 0 bridgehead atoms. The second-order valence-corrected chi connectivity index (χ2v) is 10.2. The third kappa shape index (κ3) is 4.34. The molecule has 7 heteroatoms. The van der Waals surface area contributed by atoms with Gasteiger partial charge in [-0.25, -0.2) is 13.4 Å².